The monoisotopic (exact) mass is 373 g/mol. The van der Waals surface area contributed by atoms with Crippen molar-refractivity contribution in [2.24, 2.45) is 5.41 Å². The molecule has 1 aliphatic heterocycles. The molecule has 0 bridgehead atoms. The average Bonchev–Trinajstić information content (AvgIpc) is 2.70. The molecule has 2 aromatic rings. The van der Waals surface area contributed by atoms with Crippen LogP contribution in [0.1, 0.15) is 18.4 Å². The first kappa shape index (κ1) is 19.3. The van der Waals surface area contributed by atoms with Crippen molar-refractivity contribution >= 4 is 5.91 Å². The molecule has 0 atom stereocenters. The minimum absolute atomic E-state index is 0.0116. The summed E-state index contributed by atoms with van der Waals surface area (Å²) in [5.41, 5.74) is 0.398. The van der Waals surface area contributed by atoms with Crippen molar-refractivity contribution in [2.45, 2.75) is 19.4 Å². The van der Waals surface area contributed by atoms with E-state index in [2.05, 4.69) is 15.6 Å². The van der Waals surface area contributed by atoms with E-state index in [1.807, 2.05) is 6.07 Å². The van der Waals surface area contributed by atoms with Crippen molar-refractivity contribution in [3.63, 3.8) is 0 Å². The number of halogens is 1. The number of nitrogens with zero attached hydrogens (tertiary/aromatic N) is 1. The second-order valence-electron chi connectivity index (χ2n) is 6.71. The Morgan fingerprint density at radius 3 is 2.59 bits per heavy atom. The highest BCUT2D eigenvalue weighted by atomic mass is 19.1. The van der Waals surface area contributed by atoms with Gasteiger partial charge in [-0.05, 0) is 55.8 Å². The lowest BCUT2D eigenvalue weighted by Crippen LogP contribution is -2.49. The molecule has 0 spiro atoms. The van der Waals surface area contributed by atoms with Crippen LogP contribution in [-0.2, 0) is 16.1 Å². The maximum atomic E-state index is 12.9. The van der Waals surface area contributed by atoms with E-state index in [9.17, 15) is 9.18 Å². The number of carbonyl (C=O) groups is 1. The zero-order chi connectivity index (χ0) is 19.1. The molecule has 0 unspecified atom stereocenters. The highest BCUT2D eigenvalue weighted by molar-refractivity contribution is 5.83. The highest BCUT2D eigenvalue weighted by Crippen LogP contribution is 2.29. The van der Waals surface area contributed by atoms with E-state index in [0.29, 0.717) is 24.8 Å². The molecule has 27 heavy (non-hydrogen) atoms. The molecule has 1 amide bonds. The molecule has 7 heteroatoms. The van der Waals surface area contributed by atoms with Gasteiger partial charge in [0.2, 0.25) is 11.8 Å². The molecule has 0 aliphatic carbocycles. The van der Waals surface area contributed by atoms with Gasteiger partial charge in [-0.1, -0.05) is 6.07 Å². The minimum atomic E-state index is -0.473. The second kappa shape index (κ2) is 8.92. The molecule has 6 nitrogen and oxygen atoms in total. The molecule has 2 N–H and O–H groups in total. The number of hydrogen-bond donors (Lipinski definition) is 2. The van der Waals surface area contributed by atoms with Crippen molar-refractivity contribution in [1.82, 2.24) is 15.6 Å². The van der Waals surface area contributed by atoms with E-state index in [1.54, 1.807) is 31.5 Å². The Kier molecular flexibility index (Phi) is 6.36. The molecule has 0 radical (unpaired) electrons. The lowest BCUT2D eigenvalue weighted by Gasteiger charge is -2.35. The average molecular weight is 373 g/mol. The first-order chi connectivity index (χ1) is 13.1. The number of nitrogens with one attached hydrogen (secondary N) is 2. The van der Waals surface area contributed by atoms with Gasteiger partial charge in [0.25, 0.3) is 0 Å². The summed E-state index contributed by atoms with van der Waals surface area (Å²) < 4.78 is 23.8. The van der Waals surface area contributed by atoms with Gasteiger partial charge in [-0.3, -0.25) is 4.79 Å². The van der Waals surface area contributed by atoms with Crippen LogP contribution >= 0.6 is 0 Å². The van der Waals surface area contributed by atoms with Crippen LogP contribution in [0.3, 0.4) is 0 Å². The van der Waals surface area contributed by atoms with Gasteiger partial charge in [0.1, 0.15) is 11.6 Å². The van der Waals surface area contributed by atoms with Crippen LogP contribution in [0.25, 0.3) is 0 Å². The van der Waals surface area contributed by atoms with E-state index in [-0.39, 0.29) is 11.7 Å². The van der Waals surface area contributed by atoms with Crippen molar-refractivity contribution in [3.8, 4) is 11.6 Å². The Labute approximate surface area is 158 Å². The third kappa shape index (κ3) is 5.02. The zero-order valence-electron chi connectivity index (χ0n) is 15.3. The largest absolute Gasteiger partial charge is 0.439 e. The number of methoxy groups -OCH3 is 1. The molecule has 3 rings (SSSR count). The van der Waals surface area contributed by atoms with Crippen LogP contribution in [0.4, 0.5) is 4.39 Å². The first-order valence-corrected chi connectivity index (χ1v) is 8.98. The normalized spacial score (nSPS) is 15.9. The summed E-state index contributed by atoms with van der Waals surface area (Å²) >= 11 is 0. The van der Waals surface area contributed by atoms with E-state index in [4.69, 9.17) is 9.47 Å². The van der Waals surface area contributed by atoms with Crippen molar-refractivity contribution < 1.29 is 18.7 Å². The summed E-state index contributed by atoms with van der Waals surface area (Å²) in [7, 11) is 1.63. The maximum absolute atomic E-state index is 12.9. The van der Waals surface area contributed by atoms with Crippen LogP contribution in [0.2, 0.25) is 0 Å². The number of ether oxygens (including phenoxy) is 2. The Balaban J connectivity index is 1.56. The topological polar surface area (TPSA) is 72.5 Å². The molecule has 1 saturated heterocycles. The van der Waals surface area contributed by atoms with E-state index >= 15 is 0 Å². The molecule has 1 aromatic heterocycles. The summed E-state index contributed by atoms with van der Waals surface area (Å²) in [4.78, 5) is 17.0. The Morgan fingerprint density at radius 1 is 1.22 bits per heavy atom. The van der Waals surface area contributed by atoms with Crippen LogP contribution in [0.15, 0.2) is 42.6 Å². The van der Waals surface area contributed by atoms with Crippen LogP contribution in [0, 0.1) is 11.2 Å². The standard InChI is InChI=1S/C20H24FN3O3/c1-26-14-20(8-10-22-11-9-20)19(25)24-13-15-2-7-18(23-12-15)27-17-5-3-16(21)4-6-17/h2-7,12,22H,8-11,13-14H2,1H3,(H,24,25). The summed E-state index contributed by atoms with van der Waals surface area (Å²) in [5.74, 6) is 0.613. The lowest BCUT2D eigenvalue weighted by molar-refractivity contribution is -0.136. The summed E-state index contributed by atoms with van der Waals surface area (Å²) in [6, 6.07) is 9.31. The van der Waals surface area contributed by atoms with Gasteiger partial charge in [0.15, 0.2) is 0 Å². The Morgan fingerprint density at radius 2 is 1.96 bits per heavy atom. The van der Waals surface area contributed by atoms with Crippen LogP contribution in [0.5, 0.6) is 11.6 Å². The van der Waals surface area contributed by atoms with Crippen molar-refractivity contribution in [2.75, 3.05) is 26.8 Å². The van der Waals surface area contributed by atoms with Crippen molar-refractivity contribution in [1.29, 1.82) is 0 Å². The second-order valence-corrected chi connectivity index (χ2v) is 6.71. The Bertz CT molecular complexity index is 739. The van der Waals surface area contributed by atoms with Gasteiger partial charge >= 0.3 is 0 Å². The van der Waals surface area contributed by atoms with Crippen molar-refractivity contribution in [3.05, 3.63) is 54.0 Å². The number of rotatable bonds is 7. The number of carbonyl (C=O) groups excluding carboxylic acids is 1. The number of pyridine rings is 1. The smallest absolute Gasteiger partial charge is 0.228 e. The zero-order valence-corrected chi connectivity index (χ0v) is 15.3. The Hall–Kier alpha value is -2.51. The molecule has 1 aromatic carbocycles. The number of aromatic nitrogens is 1. The fourth-order valence-corrected chi connectivity index (χ4v) is 3.19. The van der Waals surface area contributed by atoms with E-state index < -0.39 is 5.41 Å². The van der Waals surface area contributed by atoms with Gasteiger partial charge in [-0.2, -0.15) is 0 Å². The fourth-order valence-electron chi connectivity index (χ4n) is 3.19. The number of amides is 1. The fraction of sp³-hybridized carbons (Fsp3) is 0.400. The predicted octanol–water partition coefficient (Wildman–Crippen LogP) is 2.65. The summed E-state index contributed by atoms with van der Waals surface area (Å²) in [5, 5.41) is 6.28. The van der Waals surface area contributed by atoms with Gasteiger partial charge in [0, 0.05) is 25.9 Å². The highest BCUT2D eigenvalue weighted by Gasteiger charge is 2.39. The number of benzene rings is 1. The summed E-state index contributed by atoms with van der Waals surface area (Å²) in [6.07, 6.45) is 3.18. The quantitative estimate of drug-likeness (QED) is 0.781. The van der Waals surface area contributed by atoms with Gasteiger partial charge in [-0.25, -0.2) is 9.37 Å². The third-order valence-corrected chi connectivity index (χ3v) is 4.75. The van der Waals surface area contributed by atoms with Gasteiger partial charge in [-0.15, -0.1) is 0 Å². The molecule has 2 heterocycles. The first-order valence-electron chi connectivity index (χ1n) is 8.98. The van der Waals surface area contributed by atoms with Gasteiger partial charge in [0.05, 0.1) is 12.0 Å². The molecule has 144 valence electrons. The molecule has 1 fully saturated rings. The maximum Gasteiger partial charge on any atom is 0.228 e. The minimum Gasteiger partial charge on any atom is -0.439 e. The molecule has 1 aliphatic rings. The molecular formula is C20H24FN3O3. The predicted molar refractivity (Wildman–Crippen MR) is 99.0 cm³/mol. The summed E-state index contributed by atoms with van der Waals surface area (Å²) in [6.45, 7) is 2.44. The lowest BCUT2D eigenvalue weighted by atomic mass is 9.78. The van der Waals surface area contributed by atoms with Crippen LogP contribution < -0.4 is 15.4 Å². The van der Waals surface area contributed by atoms with Crippen LogP contribution in [-0.4, -0.2) is 37.7 Å². The SMILES string of the molecule is COCC1(C(=O)NCc2ccc(Oc3ccc(F)cc3)nc2)CCNCC1. The number of piperidine rings is 1. The number of hydrogen-bond acceptors (Lipinski definition) is 5. The van der Waals surface area contributed by atoms with E-state index in [0.717, 1.165) is 31.5 Å². The third-order valence-electron chi connectivity index (χ3n) is 4.75. The van der Waals surface area contributed by atoms with Gasteiger partial charge < -0.3 is 20.1 Å². The van der Waals surface area contributed by atoms with E-state index in [1.165, 1.54) is 12.1 Å². The molecule has 0 saturated carbocycles. The molecular weight excluding hydrogens is 349 g/mol.